The van der Waals surface area contributed by atoms with E-state index in [9.17, 15) is 32.7 Å². The van der Waals surface area contributed by atoms with Crippen LogP contribution in [0.3, 0.4) is 0 Å². The number of benzene rings is 2. The third kappa shape index (κ3) is 6.27. The number of carbonyl (C=O) groups excluding carboxylic acids is 1. The Labute approximate surface area is 263 Å². The van der Waals surface area contributed by atoms with Crippen LogP contribution in [0.5, 0.6) is 0 Å². The normalized spacial score (nSPS) is 16.0. The lowest BCUT2D eigenvalue weighted by atomic mass is 9.95. The van der Waals surface area contributed by atoms with E-state index >= 15 is 8.78 Å². The number of anilines is 1. The number of aryl methyl sites for hydroxylation is 1. The van der Waals surface area contributed by atoms with Gasteiger partial charge >= 0.3 is 12.1 Å². The minimum Gasteiger partial charge on any atom is -0.480 e. The third-order valence-electron chi connectivity index (χ3n) is 7.87. The van der Waals surface area contributed by atoms with Crippen LogP contribution in [0.2, 0.25) is 5.02 Å². The zero-order chi connectivity index (χ0) is 33.5. The number of aliphatic carboxylic acids is 1. The van der Waals surface area contributed by atoms with Crippen LogP contribution >= 0.6 is 11.6 Å². The van der Waals surface area contributed by atoms with Crippen molar-refractivity contribution in [2.75, 3.05) is 24.7 Å². The molecule has 1 saturated heterocycles. The van der Waals surface area contributed by atoms with Gasteiger partial charge in [-0.05, 0) is 36.8 Å². The summed E-state index contributed by atoms with van der Waals surface area (Å²) in [5, 5.41) is 12.7. The maximum atomic E-state index is 15.1. The van der Waals surface area contributed by atoms with Crippen LogP contribution in [0.1, 0.15) is 21.6 Å². The number of ether oxygens (including phenoxy) is 1. The van der Waals surface area contributed by atoms with Crippen molar-refractivity contribution in [3.05, 3.63) is 92.5 Å². The number of carboxylic acid groups (broad SMARTS) is 1. The number of alkyl halides is 3. The smallest absolute Gasteiger partial charge is 0.411 e. The number of carboxylic acids is 1. The van der Waals surface area contributed by atoms with Crippen LogP contribution in [0, 0.1) is 18.6 Å². The number of fused-ring (bicyclic) bond motifs is 1. The van der Waals surface area contributed by atoms with Crippen molar-refractivity contribution < 1.29 is 41.4 Å². The molecule has 15 heteroatoms. The van der Waals surface area contributed by atoms with E-state index < -0.39 is 59.6 Å². The molecule has 1 aliphatic heterocycles. The molecule has 0 bridgehead atoms. The number of pyridine rings is 2. The fourth-order valence-corrected chi connectivity index (χ4v) is 5.76. The van der Waals surface area contributed by atoms with Crippen LogP contribution in [0.15, 0.2) is 53.5 Å². The Morgan fingerprint density at radius 2 is 1.87 bits per heavy atom. The quantitative estimate of drug-likeness (QED) is 0.267. The number of carbonyl (C=O) groups is 2. The highest BCUT2D eigenvalue weighted by atomic mass is 35.5. The molecule has 1 amide bonds. The molecule has 1 fully saturated rings. The number of aromatic nitrogens is 2. The van der Waals surface area contributed by atoms with E-state index in [-0.39, 0.29) is 35.7 Å². The number of halogens is 6. The first-order valence-corrected chi connectivity index (χ1v) is 14.2. The SMILES string of the molecule is Cc1cc(Cl)c(-c2ccc(C[C@H](NC(=O)c3c(F)cc(N4CCOC[C@@H]4C(F)(F)F)cc3F)C(=O)O)c3cccnc23)c(=O)n1C. The van der Waals surface area contributed by atoms with Gasteiger partial charge in [-0.15, -0.1) is 0 Å². The summed E-state index contributed by atoms with van der Waals surface area (Å²) in [5.74, 6) is -5.89. The second kappa shape index (κ2) is 12.7. The molecular weight excluding hydrogens is 639 g/mol. The molecule has 4 aromatic rings. The zero-order valence-electron chi connectivity index (χ0n) is 24.3. The Morgan fingerprint density at radius 1 is 1.17 bits per heavy atom. The zero-order valence-corrected chi connectivity index (χ0v) is 25.0. The van der Waals surface area contributed by atoms with Crippen LogP contribution in [-0.4, -0.2) is 64.6 Å². The molecule has 0 radical (unpaired) electrons. The second-order valence-corrected chi connectivity index (χ2v) is 11.1. The molecule has 0 saturated carbocycles. The summed E-state index contributed by atoms with van der Waals surface area (Å²) in [7, 11) is 1.59. The van der Waals surface area contributed by atoms with Crippen molar-refractivity contribution in [3.8, 4) is 11.1 Å². The van der Waals surface area contributed by atoms with E-state index in [0.717, 1.165) is 4.90 Å². The number of amides is 1. The van der Waals surface area contributed by atoms with Crippen molar-refractivity contribution in [2.45, 2.75) is 31.6 Å². The summed E-state index contributed by atoms with van der Waals surface area (Å²) in [4.78, 5) is 43.4. The first-order valence-electron chi connectivity index (χ1n) is 13.9. The second-order valence-electron chi connectivity index (χ2n) is 10.7. The van der Waals surface area contributed by atoms with Crippen molar-refractivity contribution in [3.63, 3.8) is 0 Å². The van der Waals surface area contributed by atoms with E-state index in [1.54, 1.807) is 38.2 Å². The van der Waals surface area contributed by atoms with Crippen molar-refractivity contribution in [1.82, 2.24) is 14.9 Å². The average molecular weight is 665 g/mol. The fraction of sp³-hybridized carbons (Fsp3) is 0.290. The minimum absolute atomic E-state index is 0.113. The number of hydrogen-bond acceptors (Lipinski definition) is 6. The Morgan fingerprint density at radius 3 is 2.52 bits per heavy atom. The Kier molecular flexibility index (Phi) is 9.05. The Hall–Kier alpha value is -4.56. The number of morpholine rings is 1. The van der Waals surface area contributed by atoms with Crippen LogP contribution < -0.4 is 15.8 Å². The predicted octanol–water partition coefficient (Wildman–Crippen LogP) is 5.03. The minimum atomic E-state index is -4.75. The Balaban J connectivity index is 1.45. The highest BCUT2D eigenvalue weighted by Gasteiger charge is 2.46. The molecule has 46 heavy (non-hydrogen) atoms. The van der Waals surface area contributed by atoms with Gasteiger partial charge in [-0.25, -0.2) is 13.6 Å². The largest absolute Gasteiger partial charge is 0.480 e. The van der Waals surface area contributed by atoms with E-state index in [1.165, 1.54) is 16.8 Å². The number of nitrogens with one attached hydrogen (secondary N) is 1. The molecule has 9 nitrogen and oxygen atoms in total. The lowest BCUT2D eigenvalue weighted by Gasteiger charge is -2.38. The summed E-state index contributed by atoms with van der Waals surface area (Å²) in [5.41, 5.74) is -0.0835. The first kappa shape index (κ1) is 32.8. The van der Waals surface area contributed by atoms with Gasteiger partial charge in [0.1, 0.15) is 29.3 Å². The molecule has 5 rings (SSSR count). The topological polar surface area (TPSA) is 114 Å². The van der Waals surface area contributed by atoms with Crippen molar-refractivity contribution in [2.24, 2.45) is 7.05 Å². The summed E-state index contributed by atoms with van der Waals surface area (Å²) in [6, 6.07) is 5.26. The van der Waals surface area contributed by atoms with E-state index in [0.29, 0.717) is 39.9 Å². The van der Waals surface area contributed by atoms with E-state index in [2.05, 4.69) is 10.3 Å². The average Bonchev–Trinajstić information content (AvgIpc) is 2.99. The van der Waals surface area contributed by atoms with Gasteiger partial charge in [0.15, 0.2) is 0 Å². The summed E-state index contributed by atoms with van der Waals surface area (Å²) < 4.78 is 77.0. The molecule has 2 atom stereocenters. The summed E-state index contributed by atoms with van der Waals surface area (Å²) in [6.07, 6.45) is -3.63. The molecule has 242 valence electrons. The predicted molar refractivity (Wildman–Crippen MR) is 159 cm³/mol. The molecule has 2 aromatic heterocycles. The lowest BCUT2D eigenvalue weighted by molar-refractivity contribution is -0.167. The molecule has 0 spiro atoms. The molecule has 2 aromatic carbocycles. The molecule has 3 heterocycles. The third-order valence-corrected chi connectivity index (χ3v) is 8.17. The van der Waals surface area contributed by atoms with Gasteiger partial charge < -0.3 is 24.6 Å². The molecule has 2 N–H and O–H groups in total. The number of hydrogen-bond donors (Lipinski definition) is 2. The first-order chi connectivity index (χ1) is 21.7. The highest BCUT2D eigenvalue weighted by Crippen LogP contribution is 2.34. The monoisotopic (exact) mass is 664 g/mol. The lowest BCUT2D eigenvalue weighted by Crippen LogP contribution is -2.53. The van der Waals surface area contributed by atoms with Crippen LogP contribution in [0.25, 0.3) is 22.0 Å². The number of nitrogens with zero attached hydrogens (tertiary/aromatic N) is 3. The maximum Gasteiger partial charge on any atom is 0.411 e. The van der Waals surface area contributed by atoms with Crippen LogP contribution in [0.4, 0.5) is 27.6 Å². The highest BCUT2D eigenvalue weighted by molar-refractivity contribution is 6.33. The van der Waals surface area contributed by atoms with Crippen LogP contribution in [-0.2, 0) is 23.0 Å². The maximum absolute atomic E-state index is 15.1. The van der Waals surface area contributed by atoms with Crippen molar-refractivity contribution >= 4 is 40.1 Å². The van der Waals surface area contributed by atoms with Gasteiger partial charge in [-0.2, -0.15) is 13.2 Å². The van der Waals surface area contributed by atoms with Gasteiger partial charge in [0.05, 0.1) is 29.3 Å². The summed E-state index contributed by atoms with van der Waals surface area (Å²) >= 11 is 6.44. The van der Waals surface area contributed by atoms with E-state index in [4.69, 9.17) is 16.3 Å². The van der Waals surface area contributed by atoms with Crippen molar-refractivity contribution in [1.29, 1.82) is 0 Å². The van der Waals surface area contributed by atoms with Gasteiger partial charge in [0.25, 0.3) is 11.5 Å². The Bertz CT molecular complexity index is 1890. The van der Waals surface area contributed by atoms with E-state index in [1.807, 2.05) is 0 Å². The fourth-order valence-electron chi connectivity index (χ4n) is 5.41. The standard InChI is InChI=1S/C31H26ClF5N4O5/c1-15-10-20(32)25(29(43)40(15)2)19-6-5-16(18-4-3-7-38-27(18)19)11-23(30(44)45)39-28(42)26-21(33)12-17(13-22(26)34)41-8-9-46-14-24(41)31(35,36)37/h3-7,10,12-13,23-24H,8-9,11,14H2,1-2H3,(H,39,42)(H,44,45)/t23-,24+/m0/s1. The van der Waals surface area contributed by atoms with Gasteiger partial charge in [0.2, 0.25) is 0 Å². The number of rotatable bonds is 7. The van der Waals surface area contributed by atoms with Gasteiger partial charge in [-0.1, -0.05) is 29.8 Å². The van der Waals surface area contributed by atoms with Gasteiger partial charge in [0, 0.05) is 48.5 Å². The molecule has 0 unspecified atom stereocenters. The molecule has 0 aliphatic carbocycles. The molecule has 1 aliphatic rings. The summed E-state index contributed by atoms with van der Waals surface area (Å²) in [6.45, 7) is 0.561. The van der Waals surface area contributed by atoms with Gasteiger partial charge in [-0.3, -0.25) is 14.6 Å². The molecular formula is C31H26ClF5N4O5.